The summed E-state index contributed by atoms with van der Waals surface area (Å²) < 4.78 is 5.03. The molecule has 0 bridgehead atoms. The number of hydrogen-bond acceptors (Lipinski definition) is 5. The molecule has 0 aliphatic carbocycles. The van der Waals surface area contributed by atoms with Gasteiger partial charge >= 0.3 is 5.97 Å². The van der Waals surface area contributed by atoms with Crippen molar-refractivity contribution in [3.63, 3.8) is 0 Å². The number of aromatic nitrogens is 2. The number of anilines is 1. The Hall–Kier alpha value is -1.36. The second-order valence-electron chi connectivity index (χ2n) is 3.82. The average molecular weight is 272 g/mol. The number of rotatable bonds is 7. The van der Waals surface area contributed by atoms with E-state index in [1.165, 1.54) is 6.33 Å². The van der Waals surface area contributed by atoms with E-state index in [0.717, 1.165) is 12.8 Å². The molecule has 0 saturated heterocycles. The second-order valence-corrected chi connectivity index (χ2v) is 4.20. The van der Waals surface area contributed by atoms with Gasteiger partial charge in [0.2, 0.25) is 0 Å². The van der Waals surface area contributed by atoms with Crippen LogP contribution in [0.2, 0.25) is 5.15 Å². The van der Waals surface area contributed by atoms with Gasteiger partial charge in [0.05, 0.1) is 6.61 Å². The van der Waals surface area contributed by atoms with Crippen LogP contribution in [-0.4, -0.2) is 28.6 Å². The molecule has 0 radical (unpaired) electrons. The summed E-state index contributed by atoms with van der Waals surface area (Å²) in [5.74, 6) is 0.268. The Bertz CT molecular complexity index is 387. The van der Waals surface area contributed by atoms with Crippen molar-refractivity contribution in [2.24, 2.45) is 0 Å². The fraction of sp³-hybridized carbons (Fsp3) is 0.583. The summed E-state index contributed by atoms with van der Waals surface area (Å²) in [6.07, 6.45) is 4.01. The van der Waals surface area contributed by atoms with Crippen molar-refractivity contribution in [2.45, 2.75) is 39.2 Å². The highest BCUT2D eigenvalue weighted by atomic mass is 35.5. The Morgan fingerprint density at radius 2 is 2.28 bits per heavy atom. The third-order valence-electron chi connectivity index (χ3n) is 2.37. The fourth-order valence-electron chi connectivity index (χ4n) is 1.49. The average Bonchev–Trinajstić information content (AvgIpc) is 2.34. The SMILES string of the molecule is CCCC[C@@H](Nc1cc(Cl)ncn1)C(=O)OCC. The second kappa shape index (κ2) is 7.87. The van der Waals surface area contributed by atoms with E-state index in [9.17, 15) is 4.79 Å². The molecule has 1 rings (SSSR count). The van der Waals surface area contributed by atoms with Gasteiger partial charge < -0.3 is 10.1 Å². The van der Waals surface area contributed by atoms with Crippen LogP contribution in [0.4, 0.5) is 5.82 Å². The summed E-state index contributed by atoms with van der Waals surface area (Å²) in [7, 11) is 0. The zero-order valence-electron chi connectivity index (χ0n) is 10.6. The number of carbonyl (C=O) groups is 1. The first kappa shape index (κ1) is 14.7. The van der Waals surface area contributed by atoms with Crippen LogP contribution >= 0.6 is 11.6 Å². The third kappa shape index (κ3) is 4.87. The fourth-order valence-corrected chi connectivity index (χ4v) is 1.64. The zero-order valence-corrected chi connectivity index (χ0v) is 11.4. The third-order valence-corrected chi connectivity index (χ3v) is 2.58. The molecule has 18 heavy (non-hydrogen) atoms. The maximum absolute atomic E-state index is 11.8. The van der Waals surface area contributed by atoms with E-state index in [1.807, 2.05) is 0 Å². The summed E-state index contributed by atoms with van der Waals surface area (Å²) in [6.45, 7) is 4.23. The number of esters is 1. The van der Waals surface area contributed by atoms with Crippen LogP contribution in [0, 0.1) is 0 Å². The first-order chi connectivity index (χ1) is 8.67. The largest absolute Gasteiger partial charge is 0.464 e. The highest BCUT2D eigenvalue weighted by Crippen LogP contribution is 2.13. The molecule has 1 aromatic rings. The van der Waals surface area contributed by atoms with Crippen molar-refractivity contribution >= 4 is 23.4 Å². The Labute approximate surface area is 112 Å². The number of nitrogens with one attached hydrogen (secondary N) is 1. The molecule has 0 aliphatic rings. The molecule has 5 nitrogen and oxygen atoms in total. The van der Waals surface area contributed by atoms with E-state index in [2.05, 4.69) is 22.2 Å². The van der Waals surface area contributed by atoms with Gasteiger partial charge in [0, 0.05) is 6.07 Å². The van der Waals surface area contributed by atoms with E-state index in [-0.39, 0.29) is 5.97 Å². The number of nitrogens with zero attached hydrogens (tertiary/aromatic N) is 2. The summed E-state index contributed by atoms with van der Waals surface area (Å²) >= 11 is 5.77. The van der Waals surface area contributed by atoms with E-state index in [0.29, 0.717) is 24.0 Å². The van der Waals surface area contributed by atoms with E-state index < -0.39 is 6.04 Å². The minimum Gasteiger partial charge on any atom is -0.464 e. The number of halogens is 1. The topological polar surface area (TPSA) is 64.1 Å². The Kier molecular flexibility index (Phi) is 6.43. The smallest absolute Gasteiger partial charge is 0.328 e. The molecular weight excluding hydrogens is 254 g/mol. The predicted molar refractivity (Wildman–Crippen MR) is 70.6 cm³/mol. The van der Waals surface area contributed by atoms with Crippen molar-refractivity contribution in [2.75, 3.05) is 11.9 Å². The van der Waals surface area contributed by atoms with Crippen LogP contribution in [0.5, 0.6) is 0 Å². The van der Waals surface area contributed by atoms with Crippen molar-refractivity contribution < 1.29 is 9.53 Å². The highest BCUT2D eigenvalue weighted by molar-refractivity contribution is 6.29. The summed E-state index contributed by atoms with van der Waals surface area (Å²) in [5.41, 5.74) is 0. The lowest BCUT2D eigenvalue weighted by Crippen LogP contribution is -2.31. The normalized spacial score (nSPS) is 11.9. The monoisotopic (exact) mass is 271 g/mol. The molecule has 0 fully saturated rings. The molecule has 100 valence electrons. The van der Waals surface area contributed by atoms with Crippen LogP contribution in [0.25, 0.3) is 0 Å². The zero-order chi connectivity index (χ0) is 13.4. The molecule has 0 amide bonds. The van der Waals surface area contributed by atoms with Gasteiger partial charge in [-0.05, 0) is 13.3 Å². The number of carbonyl (C=O) groups excluding carboxylic acids is 1. The van der Waals surface area contributed by atoms with Crippen molar-refractivity contribution in [1.29, 1.82) is 0 Å². The van der Waals surface area contributed by atoms with Gasteiger partial charge in [0.15, 0.2) is 0 Å². The van der Waals surface area contributed by atoms with Gasteiger partial charge in [0.25, 0.3) is 0 Å². The Morgan fingerprint density at radius 1 is 1.50 bits per heavy atom. The lowest BCUT2D eigenvalue weighted by molar-refractivity contribution is -0.144. The molecule has 0 spiro atoms. The summed E-state index contributed by atoms with van der Waals surface area (Å²) in [4.78, 5) is 19.6. The van der Waals surface area contributed by atoms with E-state index in [4.69, 9.17) is 16.3 Å². The first-order valence-corrected chi connectivity index (χ1v) is 6.45. The minimum absolute atomic E-state index is 0.263. The standard InChI is InChI=1S/C12H18ClN3O2/c1-3-5-6-9(12(17)18-4-2)16-11-7-10(13)14-8-15-11/h7-9H,3-6H2,1-2H3,(H,14,15,16)/t9-/m1/s1. The molecule has 1 N–H and O–H groups in total. The Balaban J connectivity index is 2.68. The maximum Gasteiger partial charge on any atom is 0.328 e. The van der Waals surface area contributed by atoms with E-state index >= 15 is 0 Å². The number of hydrogen-bond donors (Lipinski definition) is 1. The Morgan fingerprint density at radius 3 is 2.89 bits per heavy atom. The lowest BCUT2D eigenvalue weighted by Gasteiger charge is -2.17. The van der Waals surface area contributed by atoms with Crippen LogP contribution in [0.1, 0.15) is 33.1 Å². The van der Waals surface area contributed by atoms with Crippen LogP contribution in [-0.2, 0) is 9.53 Å². The minimum atomic E-state index is -0.393. The molecule has 0 saturated carbocycles. The number of ether oxygens (including phenoxy) is 1. The maximum atomic E-state index is 11.8. The highest BCUT2D eigenvalue weighted by Gasteiger charge is 2.19. The first-order valence-electron chi connectivity index (χ1n) is 6.08. The molecule has 1 heterocycles. The lowest BCUT2D eigenvalue weighted by atomic mass is 10.1. The van der Waals surface area contributed by atoms with Gasteiger partial charge in [0.1, 0.15) is 23.3 Å². The molecule has 6 heteroatoms. The van der Waals surface area contributed by atoms with Gasteiger partial charge in [-0.1, -0.05) is 31.4 Å². The van der Waals surface area contributed by atoms with Gasteiger partial charge in [-0.3, -0.25) is 0 Å². The van der Waals surface area contributed by atoms with Gasteiger partial charge in [-0.15, -0.1) is 0 Å². The number of unbranched alkanes of at least 4 members (excludes halogenated alkanes) is 1. The quantitative estimate of drug-likeness (QED) is 0.610. The predicted octanol–water partition coefficient (Wildman–Crippen LogP) is 2.66. The molecule has 0 aromatic carbocycles. The van der Waals surface area contributed by atoms with Crippen LogP contribution in [0.15, 0.2) is 12.4 Å². The molecule has 1 aromatic heterocycles. The van der Waals surface area contributed by atoms with E-state index in [1.54, 1.807) is 13.0 Å². The van der Waals surface area contributed by atoms with Crippen molar-refractivity contribution in [3.8, 4) is 0 Å². The van der Waals surface area contributed by atoms with Crippen LogP contribution < -0.4 is 5.32 Å². The van der Waals surface area contributed by atoms with Crippen molar-refractivity contribution in [1.82, 2.24) is 9.97 Å². The molecule has 0 aliphatic heterocycles. The molecular formula is C12H18ClN3O2. The van der Waals surface area contributed by atoms with Crippen LogP contribution in [0.3, 0.4) is 0 Å². The molecule has 1 atom stereocenters. The van der Waals surface area contributed by atoms with Gasteiger partial charge in [-0.25, -0.2) is 14.8 Å². The summed E-state index contributed by atoms with van der Waals surface area (Å²) in [5, 5.41) is 3.37. The van der Waals surface area contributed by atoms with Gasteiger partial charge in [-0.2, -0.15) is 0 Å². The summed E-state index contributed by atoms with van der Waals surface area (Å²) in [6, 6.07) is 1.19. The molecule has 0 unspecified atom stereocenters. The van der Waals surface area contributed by atoms with Crippen molar-refractivity contribution in [3.05, 3.63) is 17.5 Å².